The molecule has 1 aromatic heterocycles. The molecule has 1 saturated heterocycles. The van der Waals surface area contributed by atoms with Crippen molar-refractivity contribution < 1.29 is 14.0 Å². The molecule has 0 spiro atoms. The monoisotopic (exact) mass is 370 g/mol. The second-order valence-corrected chi connectivity index (χ2v) is 6.69. The molecule has 7 heteroatoms. The van der Waals surface area contributed by atoms with Gasteiger partial charge in [0.25, 0.3) is 0 Å². The fourth-order valence-electron chi connectivity index (χ4n) is 3.07. The predicted octanol–water partition coefficient (Wildman–Crippen LogP) is 2.46. The summed E-state index contributed by atoms with van der Waals surface area (Å²) in [7, 11) is 0. The maximum Gasteiger partial charge on any atom is 0.317 e. The van der Waals surface area contributed by atoms with Crippen molar-refractivity contribution in [3.05, 3.63) is 41.9 Å². The van der Waals surface area contributed by atoms with Crippen LogP contribution in [0.2, 0.25) is 0 Å². The molecule has 7 nitrogen and oxygen atoms in total. The third kappa shape index (κ3) is 4.87. The average molecular weight is 370 g/mol. The summed E-state index contributed by atoms with van der Waals surface area (Å²) in [6.07, 6.45) is 2.53. The zero-order chi connectivity index (χ0) is 19.2. The third-order valence-corrected chi connectivity index (χ3v) is 4.69. The Kier molecular flexibility index (Phi) is 6.11. The molecule has 3 rings (SSSR count). The van der Waals surface area contributed by atoms with Crippen LogP contribution in [-0.4, -0.2) is 59.4 Å². The number of rotatable bonds is 5. The first-order valence-electron chi connectivity index (χ1n) is 9.39. The highest BCUT2D eigenvalue weighted by Gasteiger charge is 2.23. The molecule has 0 bridgehead atoms. The van der Waals surface area contributed by atoms with E-state index in [2.05, 4.69) is 10.3 Å². The van der Waals surface area contributed by atoms with Crippen molar-refractivity contribution in [1.82, 2.24) is 20.1 Å². The van der Waals surface area contributed by atoms with E-state index in [1.165, 1.54) is 5.56 Å². The quantitative estimate of drug-likeness (QED) is 0.877. The smallest absolute Gasteiger partial charge is 0.317 e. The number of piperazine rings is 1. The van der Waals surface area contributed by atoms with Crippen molar-refractivity contribution in [3.63, 3.8) is 0 Å². The fraction of sp³-hybridized carbons (Fsp3) is 0.450. The van der Waals surface area contributed by atoms with Crippen molar-refractivity contribution in [3.8, 4) is 11.3 Å². The van der Waals surface area contributed by atoms with Gasteiger partial charge in [0.15, 0.2) is 11.7 Å². The van der Waals surface area contributed by atoms with Crippen LogP contribution < -0.4 is 5.32 Å². The summed E-state index contributed by atoms with van der Waals surface area (Å²) in [4.78, 5) is 32.1. The summed E-state index contributed by atoms with van der Waals surface area (Å²) in [5.41, 5.74) is 2.17. The van der Waals surface area contributed by atoms with Crippen molar-refractivity contribution in [2.24, 2.45) is 0 Å². The Hall–Kier alpha value is -2.83. The van der Waals surface area contributed by atoms with E-state index in [9.17, 15) is 9.59 Å². The highest BCUT2D eigenvalue weighted by Crippen LogP contribution is 2.21. The molecule has 0 radical (unpaired) electrons. The molecule has 1 fully saturated rings. The van der Waals surface area contributed by atoms with Crippen molar-refractivity contribution in [2.45, 2.75) is 26.7 Å². The molecule has 1 aliphatic heterocycles. The number of carbonyl (C=O) groups excluding carboxylic acids is 2. The number of benzene rings is 1. The second kappa shape index (κ2) is 8.70. The first-order chi connectivity index (χ1) is 13.1. The van der Waals surface area contributed by atoms with E-state index in [1.54, 1.807) is 16.0 Å². The molecule has 0 unspecified atom stereocenters. The van der Waals surface area contributed by atoms with Crippen LogP contribution in [-0.2, 0) is 11.2 Å². The number of urea groups is 1. The molecule has 3 amide bonds. The van der Waals surface area contributed by atoms with Crippen molar-refractivity contribution >= 4 is 11.9 Å². The standard InChI is InChI=1S/C20H26N4O3/c1-3-21-20(26)24-12-10-23(11-13-24)19(25)9-8-18-22-14-17(27-18)16-6-4-15(2)5-7-16/h4-7,14H,3,8-13H2,1-2H3,(H,21,26). The van der Waals surface area contributed by atoms with Crippen LogP contribution in [0.5, 0.6) is 0 Å². The number of aryl methyl sites for hydroxylation is 2. The van der Waals surface area contributed by atoms with Gasteiger partial charge < -0.3 is 19.5 Å². The lowest BCUT2D eigenvalue weighted by Crippen LogP contribution is -2.53. The summed E-state index contributed by atoms with van der Waals surface area (Å²) in [6.45, 7) is 6.80. The summed E-state index contributed by atoms with van der Waals surface area (Å²) < 4.78 is 5.78. The van der Waals surface area contributed by atoms with Crippen LogP contribution >= 0.6 is 0 Å². The van der Waals surface area contributed by atoms with E-state index in [-0.39, 0.29) is 11.9 Å². The summed E-state index contributed by atoms with van der Waals surface area (Å²) >= 11 is 0. The molecule has 0 atom stereocenters. The first kappa shape index (κ1) is 18.9. The van der Waals surface area contributed by atoms with Crippen LogP contribution in [0, 0.1) is 6.92 Å². The van der Waals surface area contributed by atoms with Gasteiger partial charge in [0.2, 0.25) is 5.91 Å². The van der Waals surface area contributed by atoms with E-state index >= 15 is 0 Å². The van der Waals surface area contributed by atoms with Crippen LogP contribution in [0.25, 0.3) is 11.3 Å². The highest BCUT2D eigenvalue weighted by molar-refractivity contribution is 5.77. The topological polar surface area (TPSA) is 78.7 Å². The Morgan fingerprint density at radius 1 is 1.11 bits per heavy atom. The minimum atomic E-state index is -0.0620. The van der Waals surface area contributed by atoms with Gasteiger partial charge in [-0.2, -0.15) is 0 Å². The van der Waals surface area contributed by atoms with E-state index in [1.807, 2.05) is 38.1 Å². The molecule has 1 N–H and O–H groups in total. The molecule has 1 aromatic carbocycles. The Labute approximate surface area is 159 Å². The highest BCUT2D eigenvalue weighted by atomic mass is 16.4. The van der Waals surface area contributed by atoms with Gasteiger partial charge in [0.1, 0.15) is 0 Å². The van der Waals surface area contributed by atoms with Gasteiger partial charge in [0, 0.05) is 51.1 Å². The number of nitrogens with zero attached hydrogens (tertiary/aromatic N) is 3. The Morgan fingerprint density at radius 3 is 2.44 bits per heavy atom. The second-order valence-electron chi connectivity index (χ2n) is 6.69. The van der Waals surface area contributed by atoms with E-state index in [4.69, 9.17) is 4.42 Å². The SMILES string of the molecule is CCNC(=O)N1CCN(C(=O)CCc2ncc(-c3ccc(C)cc3)o2)CC1. The third-order valence-electron chi connectivity index (χ3n) is 4.69. The molecular formula is C20H26N4O3. The number of hydrogen-bond donors (Lipinski definition) is 1. The first-order valence-corrected chi connectivity index (χ1v) is 9.39. The van der Waals surface area contributed by atoms with E-state index < -0.39 is 0 Å². The van der Waals surface area contributed by atoms with E-state index in [0.717, 1.165) is 5.56 Å². The van der Waals surface area contributed by atoms with Crippen LogP contribution in [0.1, 0.15) is 24.8 Å². The van der Waals surface area contributed by atoms with Gasteiger partial charge in [-0.05, 0) is 13.8 Å². The number of nitrogens with one attached hydrogen (secondary N) is 1. The molecule has 0 saturated carbocycles. The maximum absolute atomic E-state index is 12.4. The largest absolute Gasteiger partial charge is 0.441 e. The Morgan fingerprint density at radius 2 is 1.78 bits per heavy atom. The van der Waals surface area contributed by atoms with Gasteiger partial charge in [0.05, 0.1) is 6.20 Å². The van der Waals surface area contributed by atoms with Crippen LogP contribution in [0.3, 0.4) is 0 Å². The van der Waals surface area contributed by atoms with Gasteiger partial charge in [-0.25, -0.2) is 9.78 Å². The lowest BCUT2D eigenvalue weighted by molar-refractivity contribution is -0.132. The van der Waals surface area contributed by atoms with Gasteiger partial charge in [-0.1, -0.05) is 29.8 Å². The van der Waals surface area contributed by atoms with Crippen LogP contribution in [0.15, 0.2) is 34.9 Å². The summed E-state index contributed by atoms with van der Waals surface area (Å²) in [6, 6.07) is 7.99. The number of oxazole rings is 1. The number of carbonyl (C=O) groups is 2. The minimum Gasteiger partial charge on any atom is -0.441 e. The van der Waals surface area contributed by atoms with Crippen molar-refractivity contribution in [1.29, 1.82) is 0 Å². The van der Waals surface area contributed by atoms with Crippen LogP contribution in [0.4, 0.5) is 4.79 Å². The summed E-state index contributed by atoms with van der Waals surface area (Å²) in [5, 5.41) is 2.79. The number of amides is 3. The molecule has 0 aliphatic carbocycles. The maximum atomic E-state index is 12.4. The van der Waals surface area contributed by atoms with Gasteiger partial charge in [-0.3, -0.25) is 4.79 Å². The lowest BCUT2D eigenvalue weighted by Gasteiger charge is -2.34. The molecule has 1 aliphatic rings. The Bertz CT molecular complexity index is 777. The molecule has 2 aromatic rings. The van der Waals surface area contributed by atoms with Gasteiger partial charge >= 0.3 is 6.03 Å². The predicted molar refractivity (Wildman–Crippen MR) is 102 cm³/mol. The summed E-state index contributed by atoms with van der Waals surface area (Å²) in [5.74, 6) is 1.36. The number of aromatic nitrogens is 1. The van der Waals surface area contributed by atoms with Crippen molar-refractivity contribution in [2.75, 3.05) is 32.7 Å². The average Bonchev–Trinajstić information content (AvgIpc) is 3.16. The molecular weight excluding hydrogens is 344 g/mol. The Balaban J connectivity index is 1.47. The zero-order valence-corrected chi connectivity index (χ0v) is 15.9. The fourth-order valence-corrected chi connectivity index (χ4v) is 3.07. The molecule has 27 heavy (non-hydrogen) atoms. The molecule has 2 heterocycles. The zero-order valence-electron chi connectivity index (χ0n) is 15.9. The molecule has 144 valence electrons. The lowest BCUT2D eigenvalue weighted by atomic mass is 10.1. The van der Waals surface area contributed by atoms with Gasteiger partial charge in [-0.15, -0.1) is 0 Å². The van der Waals surface area contributed by atoms with E-state index in [0.29, 0.717) is 57.2 Å². The normalized spacial score (nSPS) is 14.3. The minimum absolute atomic E-state index is 0.0620. The number of hydrogen-bond acceptors (Lipinski definition) is 4.